The number of nitrogens with one attached hydrogen (secondary N) is 1. The molecular formula is C6H12NO2. The first kappa shape index (κ1) is 6.99. The highest BCUT2D eigenvalue weighted by atomic mass is 16.7. The molecule has 3 nitrogen and oxygen atoms in total. The molecule has 1 fully saturated rings. The maximum absolute atomic E-state index is 7.52. The molecule has 0 spiro atoms. The van der Waals surface area contributed by atoms with Crippen LogP contribution in [0.2, 0.25) is 0 Å². The lowest BCUT2D eigenvalue weighted by molar-refractivity contribution is 0.0255. The Labute approximate surface area is 55.1 Å². The van der Waals surface area contributed by atoms with Crippen molar-refractivity contribution < 1.29 is 9.47 Å². The molecule has 1 N–H and O–H groups in total. The molecule has 9 heavy (non-hydrogen) atoms. The minimum atomic E-state index is -0.517. The maximum atomic E-state index is 7.52. The van der Waals surface area contributed by atoms with Gasteiger partial charge in [0.2, 0.25) is 0 Å². The molecule has 0 aromatic carbocycles. The molecule has 0 amide bonds. The van der Waals surface area contributed by atoms with E-state index < -0.39 is 5.54 Å². The van der Waals surface area contributed by atoms with E-state index in [9.17, 15) is 0 Å². The third-order valence-electron chi connectivity index (χ3n) is 1.43. The average molecular weight is 130 g/mol. The van der Waals surface area contributed by atoms with E-state index in [1.165, 1.54) is 0 Å². The first-order chi connectivity index (χ1) is 4.11. The van der Waals surface area contributed by atoms with Crippen LogP contribution in [0.4, 0.5) is 0 Å². The summed E-state index contributed by atoms with van der Waals surface area (Å²) in [7, 11) is 0. The van der Waals surface area contributed by atoms with E-state index in [0.717, 1.165) is 0 Å². The molecule has 3 heteroatoms. The molecule has 1 saturated heterocycles. The van der Waals surface area contributed by atoms with E-state index in [-0.39, 0.29) is 6.10 Å². The van der Waals surface area contributed by atoms with Gasteiger partial charge in [-0.25, -0.2) is 5.73 Å². The summed E-state index contributed by atoms with van der Waals surface area (Å²) in [6, 6.07) is 0. The van der Waals surface area contributed by atoms with Crippen LogP contribution in [0.1, 0.15) is 13.8 Å². The number of hydrogen-bond acceptors (Lipinski definition) is 2. The van der Waals surface area contributed by atoms with Gasteiger partial charge in [-0.15, -0.1) is 0 Å². The molecule has 1 aliphatic rings. The third kappa shape index (κ3) is 1.64. The Kier molecular flexibility index (Phi) is 1.75. The number of rotatable bonds is 1. The van der Waals surface area contributed by atoms with Gasteiger partial charge >= 0.3 is 0 Å². The van der Waals surface area contributed by atoms with Gasteiger partial charge in [-0.05, 0) is 13.8 Å². The summed E-state index contributed by atoms with van der Waals surface area (Å²) in [5.41, 5.74) is 7.01. The largest absolute Gasteiger partial charge is 0.353 e. The van der Waals surface area contributed by atoms with Crippen LogP contribution in [0.5, 0.6) is 0 Å². The Hall–Kier alpha value is -0.120. The van der Waals surface area contributed by atoms with E-state index in [0.29, 0.717) is 13.4 Å². The van der Waals surface area contributed by atoms with E-state index in [4.69, 9.17) is 15.2 Å². The minimum Gasteiger partial charge on any atom is -0.353 e. The van der Waals surface area contributed by atoms with Gasteiger partial charge in [0.05, 0.1) is 12.1 Å². The molecule has 1 atom stereocenters. The molecule has 1 aliphatic heterocycles. The molecule has 0 aliphatic carbocycles. The van der Waals surface area contributed by atoms with Gasteiger partial charge < -0.3 is 9.47 Å². The maximum Gasteiger partial charge on any atom is 0.147 e. The zero-order valence-corrected chi connectivity index (χ0v) is 5.81. The molecule has 0 aromatic rings. The Morgan fingerprint density at radius 3 is 2.44 bits per heavy atom. The van der Waals surface area contributed by atoms with Gasteiger partial charge in [0, 0.05) is 0 Å². The molecule has 0 bridgehead atoms. The van der Waals surface area contributed by atoms with Crippen LogP contribution in [0.3, 0.4) is 0 Å². The normalized spacial score (nSPS) is 29.0. The van der Waals surface area contributed by atoms with Gasteiger partial charge in [-0.1, -0.05) is 0 Å². The van der Waals surface area contributed by atoms with Crippen molar-refractivity contribution in [2.45, 2.75) is 25.5 Å². The molecule has 1 radical (unpaired) electrons. The van der Waals surface area contributed by atoms with Crippen molar-refractivity contribution in [3.05, 3.63) is 0 Å². The summed E-state index contributed by atoms with van der Waals surface area (Å²) in [5.74, 6) is 0. The van der Waals surface area contributed by atoms with Gasteiger partial charge in [-0.2, -0.15) is 0 Å². The average Bonchev–Trinajstić information content (AvgIpc) is 2.08. The van der Waals surface area contributed by atoms with Crippen LogP contribution >= 0.6 is 0 Å². The minimum absolute atomic E-state index is 0.0440. The van der Waals surface area contributed by atoms with E-state index >= 15 is 0 Å². The quantitative estimate of drug-likeness (QED) is 0.516. The second-order valence-corrected chi connectivity index (χ2v) is 2.87. The SMILES string of the molecule is CC(C)([NH])C1COCO1. The van der Waals surface area contributed by atoms with Crippen LogP contribution in [0.15, 0.2) is 0 Å². The Balaban J connectivity index is 2.42. The number of hydrogen-bond donors (Lipinski definition) is 0. The monoisotopic (exact) mass is 130 g/mol. The smallest absolute Gasteiger partial charge is 0.147 e. The standard InChI is InChI=1S/C6H12NO2/c1-6(2,7)5-3-8-4-9-5/h5,7H,3-4H2,1-2H3. The molecule has 53 valence electrons. The van der Waals surface area contributed by atoms with Gasteiger partial charge in [0.1, 0.15) is 12.9 Å². The Bertz CT molecular complexity index is 91.7. The fourth-order valence-corrected chi connectivity index (χ4v) is 0.750. The second kappa shape index (κ2) is 2.25. The van der Waals surface area contributed by atoms with Crippen LogP contribution in [0, 0.1) is 0 Å². The summed E-state index contributed by atoms with van der Waals surface area (Å²) < 4.78 is 10.0. The predicted molar refractivity (Wildman–Crippen MR) is 32.9 cm³/mol. The number of ether oxygens (including phenoxy) is 2. The lowest BCUT2D eigenvalue weighted by Crippen LogP contribution is -2.39. The van der Waals surface area contributed by atoms with E-state index in [1.807, 2.05) is 13.8 Å². The summed E-state index contributed by atoms with van der Waals surface area (Å²) in [5, 5.41) is 0. The van der Waals surface area contributed by atoms with Gasteiger partial charge in [-0.3, -0.25) is 0 Å². The molecule has 1 heterocycles. The molecular weight excluding hydrogens is 118 g/mol. The van der Waals surface area contributed by atoms with Crippen LogP contribution in [-0.2, 0) is 9.47 Å². The van der Waals surface area contributed by atoms with E-state index in [2.05, 4.69) is 0 Å². The van der Waals surface area contributed by atoms with Crippen molar-refractivity contribution in [2.75, 3.05) is 13.4 Å². The molecule has 1 unspecified atom stereocenters. The van der Waals surface area contributed by atoms with Crippen LogP contribution in [-0.4, -0.2) is 25.0 Å². The fraction of sp³-hybridized carbons (Fsp3) is 1.00. The predicted octanol–water partition coefficient (Wildman–Crippen LogP) is 0.421. The Morgan fingerprint density at radius 2 is 2.22 bits per heavy atom. The first-order valence-electron chi connectivity index (χ1n) is 3.05. The topological polar surface area (TPSA) is 42.3 Å². The summed E-state index contributed by atoms with van der Waals surface area (Å²) in [6.07, 6.45) is -0.0440. The zero-order chi connectivity index (χ0) is 6.91. The summed E-state index contributed by atoms with van der Waals surface area (Å²) in [6.45, 7) is 4.57. The first-order valence-corrected chi connectivity index (χ1v) is 3.05. The molecule has 0 saturated carbocycles. The van der Waals surface area contributed by atoms with Gasteiger partial charge in [0.25, 0.3) is 0 Å². The summed E-state index contributed by atoms with van der Waals surface area (Å²) >= 11 is 0. The summed E-state index contributed by atoms with van der Waals surface area (Å²) in [4.78, 5) is 0. The molecule has 0 aromatic heterocycles. The third-order valence-corrected chi connectivity index (χ3v) is 1.43. The Morgan fingerprint density at radius 1 is 1.56 bits per heavy atom. The highest BCUT2D eigenvalue weighted by Crippen LogP contribution is 2.15. The van der Waals surface area contributed by atoms with Crippen molar-refractivity contribution in [1.82, 2.24) is 5.73 Å². The van der Waals surface area contributed by atoms with E-state index in [1.54, 1.807) is 0 Å². The lowest BCUT2D eigenvalue weighted by atomic mass is 10.00. The molecule has 1 rings (SSSR count). The van der Waals surface area contributed by atoms with Crippen molar-refractivity contribution in [1.29, 1.82) is 0 Å². The van der Waals surface area contributed by atoms with Crippen molar-refractivity contribution in [3.8, 4) is 0 Å². The lowest BCUT2D eigenvalue weighted by Gasteiger charge is -2.22. The second-order valence-electron chi connectivity index (χ2n) is 2.87. The highest BCUT2D eigenvalue weighted by Gasteiger charge is 2.30. The van der Waals surface area contributed by atoms with Crippen LogP contribution in [0.25, 0.3) is 0 Å². The van der Waals surface area contributed by atoms with Crippen molar-refractivity contribution in [3.63, 3.8) is 0 Å². The van der Waals surface area contributed by atoms with Crippen molar-refractivity contribution in [2.24, 2.45) is 0 Å². The fourth-order valence-electron chi connectivity index (χ4n) is 0.750. The van der Waals surface area contributed by atoms with Crippen molar-refractivity contribution >= 4 is 0 Å². The zero-order valence-electron chi connectivity index (χ0n) is 5.81. The highest BCUT2D eigenvalue weighted by molar-refractivity contribution is 4.83. The van der Waals surface area contributed by atoms with Crippen LogP contribution < -0.4 is 5.73 Å². The van der Waals surface area contributed by atoms with Gasteiger partial charge in [0.15, 0.2) is 0 Å².